The molecule has 0 aromatic heterocycles. The maximum Gasteiger partial charge on any atom is 0.0353 e. The topological polar surface area (TPSA) is 52.0 Å². The van der Waals surface area contributed by atoms with Crippen LogP contribution < -0.4 is 11.5 Å². The molecule has 0 saturated heterocycles. The first-order valence-corrected chi connectivity index (χ1v) is 10.4. The second-order valence-corrected chi connectivity index (χ2v) is 8.16. The zero-order chi connectivity index (χ0) is 16.8. The molecule has 1 aromatic carbocycles. The Morgan fingerprint density at radius 3 is 1.12 bits per heavy atom. The fraction of sp³-hybridized carbons (Fsp3) is 0.727. The highest BCUT2D eigenvalue weighted by Crippen LogP contribution is 2.44. The molecule has 3 rings (SSSR count). The summed E-state index contributed by atoms with van der Waals surface area (Å²) in [6.45, 7) is 0. The van der Waals surface area contributed by atoms with Crippen LogP contribution in [0, 0.1) is 0 Å². The van der Waals surface area contributed by atoms with Gasteiger partial charge in [0.15, 0.2) is 0 Å². The number of benzene rings is 1. The van der Waals surface area contributed by atoms with Gasteiger partial charge >= 0.3 is 0 Å². The number of anilines is 2. The quantitative estimate of drug-likeness (QED) is 0.608. The van der Waals surface area contributed by atoms with Crippen molar-refractivity contribution in [3.05, 3.63) is 23.3 Å². The molecule has 0 unspecified atom stereocenters. The second kappa shape index (κ2) is 8.78. The predicted molar refractivity (Wildman–Crippen MR) is 105 cm³/mol. The van der Waals surface area contributed by atoms with Gasteiger partial charge in [-0.05, 0) is 60.8 Å². The van der Waals surface area contributed by atoms with Crippen molar-refractivity contribution in [2.45, 2.75) is 102 Å². The predicted octanol–water partition coefficient (Wildman–Crippen LogP) is 6.51. The standard InChI is InChI=1S/C22H36N2/c23-19-15-16-20(24)22(18-13-9-5-2-6-10-14-18)21(19)17-11-7-3-1-4-8-12-17/h15-18H,1-14,23-24H2. The Morgan fingerprint density at radius 1 is 0.500 bits per heavy atom. The Labute approximate surface area is 148 Å². The summed E-state index contributed by atoms with van der Waals surface area (Å²) < 4.78 is 0. The van der Waals surface area contributed by atoms with Crippen LogP contribution in [0.4, 0.5) is 11.4 Å². The SMILES string of the molecule is Nc1ccc(N)c(C2CCCCCCC2)c1C1CCCCCCC1. The van der Waals surface area contributed by atoms with Crippen molar-refractivity contribution in [2.24, 2.45) is 0 Å². The lowest BCUT2D eigenvalue weighted by molar-refractivity contribution is 0.435. The smallest absolute Gasteiger partial charge is 0.0353 e. The first kappa shape index (κ1) is 17.6. The van der Waals surface area contributed by atoms with Gasteiger partial charge in [0.1, 0.15) is 0 Å². The molecular formula is C22H36N2. The molecular weight excluding hydrogens is 292 g/mol. The average Bonchev–Trinajstić information content (AvgIpc) is 2.50. The molecule has 2 nitrogen and oxygen atoms in total. The Morgan fingerprint density at radius 2 is 0.792 bits per heavy atom. The van der Waals surface area contributed by atoms with E-state index in [1.807, 2.05) is 0 Å². The molecule has 0 bridgehead atoms. The Kier molecular flexibility index (Phi) is 6.45. The zero-order valence-corrected chi connectivity index (χ0v) is 15.4. The summed E-state index contributed by atoms with van der Waals surface area (Å²) in [5.41, 5.74) is 18.0. The second-order valence-electron chi connectivity index (χ2n) is 8.16. The first-order valence-electron chi connectivity index (χ1n) is 10.4. The molecule has 4 N–H and O–H groups in total. The van der Waals surface area contributed by atoms with Crippen LogP contribution in [0.2, 0.25) is 0 Å². The molecule has 24 heavy (non-hydrogen) atoms. The largest absolute Gasteiger partial charge is 0.398 e. The molecule has 2 aliphatic rings. The van der Waals surface area contributed by atoms with E-state index >= 15 is 0 Å². The molecule has 0 heterocycles. The lowest BCUT2D eigenvalue weighted by Crippen LogP contribution is -2.15. The molecule has 0 amide bonds. The van der Waals surface area contributed by atoms with Crippen molar-refractivity contribution in [1.82, 2.24) is 0 Å². The van der Waals surface area contributed by atoms with E-state index in [1.165, 1.54) is 101 Å². The molecule has 1 aromatic rings. The average molecular weight is 329 g/mol. The van der Waals surface area contributed by atoms with Crippen LogP contribution in [-0.2, 0) is 0 Å². The summed E-state index contributed by atoms with van der Waals surface area (Å²) in [5.74, 6) is 1.27. The summed E-state index contributed by atoms with van der Waals surface area (Å²) in [5, 5.41) is 0. The molecule has 0 spiro atoms. The molecule has 2 saturated carbocycles. The third-order valence-electron chi connectivity index (χ3n) is 6.38. The van der Waals surface area contributed by atoms with Gasteiger partial charge in [-0.2, -0.15) is 0 Å². The van der Waals surface area contributed by atoms with Gasteiger partial charge in [-0.1, -0.05) is 64.2 Å². The van der Waals surface area contributed by atoms with Crippen LogP contribution in [0.1, 0.15) is 113 Å². The number of nitrogens with two attached hydrogens (primary N) is 2. The molecule has 0 aliphatic heterocycles. The lowest BCUT2D eigenvalue weighted by Gasteiger charge is -2.30. The normalized spacial score (nSPS) is 22.3. The number of rotatable bonds is 2. The highest BCUT2D eigenvalue weighted by Gasteiger charge is 2.26. The zero-order valence-electron chi connectivity index (χ0n) is 15.4. The van der Waals surface area contributed by atoms with Gasteiger partial charge in [-0.25, -0.2) is 0 Å². The maximum absolute atomic E-state index is 6.53. The summed E-state index contributed by atoms with van der Waals surface area (Å²) in [6, 6.07) is 4.13. The molecule has 0 radical (unpaired) electrons. The fourth-order valence-corrected chi connectivity index (χ4v) is 5.07. The number of hydrogen-bond acceptors (Lipinski definition) is 2. The monoisotopic (exact) mass is 328 g/mol. The molecule has 2 aliphatic carbocycles. The molecule has 2 heteroatoms. The van der Waals surface area contributed by atoms with Crippen LogP contribution in [-0.4, -0.2) is 0 Å². The van der Waals surface area contributed by atoms with E-state index in [-0.39, 0.29) is 0 Å². The van der Waals surface area contributed by atoms with E-state index in [9.17, 15) is 0 Å². The summed E-state index contributed by atoms with van der Waals surface area (Å²) >= 11 is 0. The van der Waals surface area contributed by atoms with Crippen LogP contribution in [0.3, 0.4) is 0 Å². The van der Waals surface area contributed by atoms with Crippen molar-refractivity contribution in [1.29, 1.82) is 0 Å². The van der Waals surface area contributed by atoms with Crippen molar-refractivity contribution >= 4 is 11.4 Å². The van der Waals surface area contributed by atoms with Crippen molar-refractivity contribution < 1.29 is 0 Å². The minimum Gasteiger partial charge on any atom is -0.398 e. The third-order valence-corrected chi connectivity index (χ3v) is 6.38. The van der Waals surface area contributed by atoms with E-state index in [0.29, 0.717) is 11.8 Å². The lowest BCUT2D eigenvalue weighted by atomic mass is 9.76. The van der Waals surface area contributed by atoms with Gasteiger partial charge in [-0.3, -0.25) is 0 Å². The number of hydrogen-bond donors (Lipinski definition) is 2. The van der Waals surface area contributed by atoms with Gasteiger partial charge in [0, 0.05) is 11.4 Å². The van der Waals surface area contributed by atoms with Gasteiger partial charge in [0.25, 0.3) is 0 Å². The van der Waals surface area contributed by atoms with Crippen molar-refractivity contribution in [3.63, 3.8) is 0 Å². The van der Waals surface area contributed by atoms with Gasteiger partial charge < -0.3 is 11.5 Å². The van der Waals surface area contributed by atoms with E-state index in [4.69, 9.17) is 11.5 Å². The van der Waals surface area contributed by atoms with Crippen LogP contribution in [0.25, 0.3) is 0 Å². The van der Waals surface area contributed by atoms with Crippen molar-refractivity contribution in [3.8, 4) is 0 Å². The van der Waals surface area contributed by atoms with E-state index < -0.39 is 0 Å². The highest BCUT2D eigenvalue weighted by molar-refractivity contribution is 5.64. The fourth-order valence-electron chi connectivity index (χ4n) is 5.07. The van der Waals surface area contributed by atoms with E-state index in [1.54, 1.807) is 0 Å². The van der Waals surface area contributed by atoms with Crippen LogP contribution >= 0.6 is 0 Å². The van der Waals surface area contributed by atoms with Gasteiger partial charge in [0.2, 0.25) is 0 Å². The van der Waals surface area contributed by atoms with Crippen molar-refractivity contribution in [2.75, 3.05) is 11.5 Å². The van der Waals surface area contributed by atoms with Crippen LogP contribution in [0.5, 0.6) is 0 Å². The van der Waals surface area contributed by atoms with Crippen LogP contribution in [0.15, 0.2) is 12.1 Å². The minimum atomic E-state index is 0.634. The molecule has 134 valence electrons. The Bertz CT molecular complexity index is 460. The van der Waals surface area contributed by atoms with E-state index in [0.717, 1.165) is 11.4 Å². The summed E-state index contributed by atoms with van der Waals surface area (Å²) in [6.07, 6.45) is 19.0. The first-order chi connectivity index (χ1) is 11.8. The summed E-state index contributed by atoms with van der Waals surface area (Å²) in [7, 11) is 0. The summed E-state index contributed by atoms with van der Waals surface area (Å²) in [4.78, 5) is 0. The van der Waals surface area contributed by atoms with E-state index in [2.05, 4.69) is 12.1 Å². The molecule has 2 fully saturated rings. The minimum absolute atomic E-state index is 0.634. The molecule has 0 atom stereocenters. The third kappa shape index (κ3) is 4.26. The Hall–Kier alpha value is -1.18. The highest BCUT2D eigenvalue weighted by atomic mass is 14.6. The number of nitrogen functional groups attached to an aromatic ring is 2. The maximum atomic E-state index is 6.53. The Balaban J connectivity index is 1.92. The van der Waals surface area contributed by atoms with Gasteiger partial charge in [0.05, 0.1) is 0 Å². The van der Waals surface area contributed by atoms with Gasteiger partial charge in [-0.15, -0.1) is 0 Å².